The summed E-state index contributed by atoms with van der Waals surface area (Å²) in [6, 6.07) is 0. The molecule has 0 fully saturated rings. The van der Waals surface area contributed by atoms with Crippen LogP contribution in [0.3, 0.4) is 0 Å². The molecular formula is C4H2F6O2. The zero-order valence-corrected chi connectivity index (χ0v) is 5.24. The Hall–Kier alpha value is -0.950. The van der Waals surface area contributed by atoms with Crippen LogP contribution in [0.2, 0.25) is 0 Å². The Morgan fingerprint density at radius 1 is 1.17 bits per heavy atom. The topological polar surface area (TPSA) is 26.3 Å². The summed E-state index contributed by atoms with van der Waals surface area (Å²) in [7, 11) is 0. The van der Waals surface area contributed by atoms with E-state index < -0.39 is 24.9 Å². The van der Waals surface area contributed by atoms with Gasteiger partial charge in [-0.15, -0.1) is 0 Å². The highest BCUT2D eigenvalue weighted by Gasteiger charge is 2.46. The number of carbonyl (C=O) groups excluding carboxylic acids is 1. The first kappa shape index (κ1) is 11.0. The summed E-state index contributed by atoms with van der Waals surface area (Å²) >= 11 is 0. The maximum Gasteiger partial charge on any atom is 0.463 e. The molecule has 0 atom stereocenters. The maximum absolute atomic E-state index is 11.6. The van der Waals surface area contributed by atoms with Gasteiger partial charge in [-0.3, -0.25) is 0 Å². The molecule has 0 amide bonds. The van der Waals surface area contributed by atoms with E-state index in [1.54, 1.807) is 0 Å². The Bertz CT molecular complexity index is 167. The fourth-order valence-corrected chi connectivity index (χ4v) is 0.223. The van der Waals surface area contributed by atoms with Crippen LogP contribution in [0, 0.1) is 0 Å². The van der Waals surface area contributed by atoms with E-state index in [1.807, 2.05) is 0 Å². The van der Waals surface area contributed by atoms with Gasteiger partial charge in [-0.05, 0) is 0 Å². The molecule has 0 N–H and O–H groups in total. The molecule has 0 aromatic carbocycles. The zero-order valence-electron chi connectivity index (χ0n) is 5.24. The van der Waals surface area contributed by atoms with Gasteiger partial charge in [0.15, 0.2) is 0 Å². The lowest BCUT2D eigenvalue weighted by Crippen LogP contribution is -2.35. The van der Waals surface area contributed by atoms with Gasteiger partial charge in [-0.25, -0.2) is 4.79 Å². The number of alkyl halides is 6. The quantitative estimate of drug-likeness (QED) is 0.506. The zero-order chi connectivity index (χ0) is 9.94. The highest BCUT2D eigenvalue weighted by Crippen LogP contribution is 2.24. The third-order valence-corrected chi connectivity index (χ3v) is 0.669. The van der Waals surface area contributed by atoms with Gasteiger partial charge in [0.05, 0.1) is 0 Å². The van der Waals surface area contributed by atoms with Crippen molar-refractivity contribution in [2.45, 2.75) is 19.0 Å². The van der Waals surface area contributed by atoms with Crippen LogP contribution in [-0.4, -0.2) is 24.9 Å². The van der Waals surface area contributed by atoms with Crippen molar-refractivity contribution in [3.8, 4) is 0 Å². The van der Waals surface area contributed by atoms with Crippen LogP contribution in [0.4, 0.5) is 26.3 Å². The predicted molar refractivity (Wildman–Crippen MR) is 23.0 cm³/mol. The molecule has 8 heteroatoms. The van der Waals surface area contributed by atoms with Crippen molar-refractivity contribution in [1.29, 1.82) is 0 Å². The van der Waals surface area contributed by atoms with Crippen LogP contribution in [-0.2, 0) is 9.53 Å². The first-order valence-electron chi connectivity index (χ1n) is 2.44. The van der Waals surface area contributed by atoms with E-state index in [9.17, 15) is 31.1 Å². The van der Waals surface area contributed by atoms with Gasteiger partial charge < -0.3 is 4.74 Å². The molecule has 0 bridgehead atoms. The average Bonchev–Trinajstić information content (AvgIpc) is 1.85. The molecule has 0 heterocycles. The van der Waals surface area contributed by atoms with Crippen molar-refractivity contribution < 1.29 is 35.9 Å². The molecule has 2 nitrogen and oxygen atoms in total. The number of esters is 1. The van der Waals surface area contributed by atoms with E-state index >= 15 is 0 Å². The first-order valence-corrected chi connectivity index (χ1v) is 2.44. The first-order chi connectivity index (χ1) is 5.27. The van der Waals surface area contributed by atoms with Gasteiger partial charge in [0, 0.05) is 0 Å². The summed E-state index contributed by atoms with van der Waals surface area (Å²) in [6.45, 7) is 0. The van der Waals surface area contributed by atoms with Crippen LogP contribution in [0.15, 0.2) is 0 Å². The van der Waals surface area contributed by atoms with Crippen LogP contribution < -0.4 is 0 Å². The van der Waals surface area contributed by atoms with Gasteiger partial charge >= 0.3 is 24.9 Å². The van der Waals surface area contributed by atoms with Crippen molar-refractivity contribution in [2.24, 2.45) is 0 Å². The molecule has 0 unspecified atom stereocenters. The van der Waals surface area contributed by atoms with Crippen molar-refractivity contribution in [3.05, 3.63) is 0 Å². The lowest BCUT2D eigenvalue weighted by atomic mass is 10.6. The molecule has 12 heavy (non-hydrogen) atoms. The minimum absolute atomic E-state index is 2.49. The summed E-state index contributed by atoms with van der Waals surface area (Å²) in [5, 5.41) is 0. The minimum Gasteiger partial charge on any atom is -0.392 e. The Kier molecular flexibility index (Phi) is 3.35. The van der Waals surface area contributed by atoms with E-state index in [0.29, 0.717) is 0 Å². The minimum atomic E-state index is -5.16. The van der Waals surface area contributed by atoms with Crippen molar-refractivity contribution in [3.63, 3.8) is 0 Å². The molecule has 72 valence electrons. The number of hydrogen-bond acceptors (Lipinski definition) is 2. The monoisotopic (exact) mass is 196 g/mol. The van der Waals surface area contributed by atoms with E-state index in [2.05, 4.69) is 4.74 Å². The Morgan fingerprint density at radius 3 is 1.83 bits per heavy atom. The second kappa shape index (κ2) is 3.63. The largest absolute Gasteiger partial charge is 0.463 e. The van der Waals surface area contributed by atoms with Crippen molar-refractivity contribution >= 4 is 5.97 Å². The summed E-state index contributed by atoms with van der Waals surface area (Å²) in [6.07, 6.45) is -13.3. The van der Waals surface area contributed by atoms with Crippen LogP contribution in [0.5, 0.6) is 0 Å². The molecule has 0 aromatic heterocycles. The molecule has 0 aliphatic carbocycles. The van der Waals surface area contributed by atoms with Gasteiger partial charge in [-0.2, -0.15) is 26.3 Å². The lowest BCUT2D eigenvalue weighted by molar-refractivity contribution is -0.290. The van der Waals surface area contributed by atoms with Gasteiger partial charge in [0.1, 0.15) is 0 Å². The second-order valence-corrected chi connectivity index (χ2v) is 1.58. The van der Waals surface area contributed by atoms with Crippen LogP contribution in [0.25, 0.3) is 0 Å². The Labute approximate surface area is 62.1 Å². The van der Waals surface area contributed by atoms with Crippen molar-refractivity contribution in [1.82, 2.24) is 0 Å². The third kappa shape index (κ3) is 2.97. The number of rotatable bonds is 3. The molecule has 0 rings (SSSR count). The second-order valence-electron chi connectivity index (χ2n) is 1.58. The lowest BCUT2D eigenvalue weighted by Gasteiger charge is -2.14. The van der Waals surface area contributed by atoms with E-state index in [-0.39, 0.29) is 0 Å². The molecule has 0 aliphatic rings. The smallest absolute Gasteiger partial charge is 0.392 e. The fourth-order valence-electron chi connectivity index (χ4n) is 0.223. The Balaban J connectivity index is 4.15. The van der Waals surface area contributed by atoms with Crippen LogP contribution in [0.1, 0.15) is 0 Å². The summed E-state index contributed by atoms with van der Waals surface area (Å²) in [5.74, 6) is -2.68. The average molecular weight is 196 g/mol. The van der Waals surface area contributed by atoms with Crippen molar-refractivity contribution in [2.75, 3.05) is 0 Å². The summed E-state index contributed by atoms with van der Waals surface area (Å²) in [5.41, 5.74) is 0. The van der Waals surface area contributed by atoms with Crippen LogP contribution >= 0.6 is 0 Å². The highest BCUT2D eigenvalue weighted by molar-refractivity contribution is 5.73. The van der Waals surface area contributed by atoms with E-state index in [1.165, 1.54) is 0 Å². The number of ether oxygens (including phenoxy) is 1. The fraction of sp³-hybridized carbons (Fsp3) is 0.750. The summed E-state index contributed by atoms with van der Waals surface area (Å²) in [4.78, 5) is 9.68. The normalized spacial score (nSPS) is 12.3. The van der Waals surface area contributed by atoms with Gasteiger partial charge in [0.2, 0.25) is 0 Å². The molecule has 0 saturated carbocycles. The number of halogens is 6. The molecule has 0 aromatic rings. The molecule has 0 spiro atoms. The SMILES string of the molecule is O=C(OC(F)(F)C(F)F)C(F)F. The molecular weight excluding hydrogens is 194 g/mol. The van der Waals surface area contributed by atoms with Gasteiger partial charge in [-0.1, -0.05) is 0 Å². The molecule has 0 saturated heterocycles. The third-order valence-electron chi connectivity index (χ3n) is 0.669. The highest BCUT2D eigenvalue weighted by atomic mass is 19.3. The number of carbonyl (C=O) groups is 1. The van der Waals surface area contributed by atoms with Gasteiger partial charge in [0.25, 0.3) is 0 Å². The summed E-state index contributed by atoms with van der Waals surface area (Å²) < 4.78 is 70.4. The molecule has 0 aliphatic heterocycles. The maximum atomic E-state index is 11.6. The standard InChI is InChI=1S/C4H2F6O2/c5-1(6)2(11)12-4(9,10)3(7)8/h1,3H. The number of hydrogen-bond donors (Lipinski definition) is 0. The van der Waals surface area contributed by atoms with E-state index in [0.717, 1.165) is 0 Å². The predicted octanol–water partition coefficient (Wildman–Crippen LogP) is 1.65. The van der Waals surface area contributed by atoms with E-state index in [4.69, 9.17) is 0 Å². The Morgan fingerprint density at radius 2 is 1.58 bits per heavy atom. The molecule has 0 radical (unpaired) electrons.